The molecule has 0 saturated heterocycles. The summed E-state index contributed by atoms with van der Waals surface area (Å²) in [5.74, 6) is -0.967. The lowest BCUT2D eigenvalue weighted by atomic mass is 10.1. The molecule has 2 N–H and O–H groups in total. The van der Waals surface area contributed by atoms with Gasteiger partial charge in [0.05, 0.1) is 35.0 Å². The molecule has 0 spiro atoms. The normalized spacial score (nSPS) is 10.5. The molecule has 6 nitrogen and oxygen atoms in total. The lowest BCUT2D eigenvalue weighted by Gasteiger charge is -2.13. The number of hydrogen-bond acceptors (Lipinski definition) is 5. The van der Waals surface area contributed by atoms with Gasteiger partial charge in [-0.15, -0.1) is 0 Å². The Bertz CT molecular complexity index is 911. The molecular formula is C19H18N4O2. The first-order valence-electron chi connectivity index (χ1n) is 7.94. The fourth-order valence-corrected chi connectivity index (χ4v) is 2.60. The van der Waals surface area contributed by atoms with Crippen LogP contribution in [0.2, 0.25) is 0 Å². The number of aromatic nitrogens is 3. The Balaban J connectivity index is 1.96. The molecule has 3 rings (SSSR count). The van der Waals surface area contributed by atoms with Crippen LogP contribution in [0.15, 0.2) is 49.1 Å². The molecule has 1 aromatic carbocycles. The quantitative estimate of drug-likeness (QED) is 0.737. The maximum atomic E-state index is 11.5. The molecule has 0 unspecified atom stereocenters. The van der Waals surface area contributed by atoms with E-state index in [1.54, 1.807) is 36.9 Å². The molecule has 0 aliphatic rings. The fraction of sp³-hybridized carbons (Fsp3) is 0.158. The first kappa shape index (κ1) is 16.6. The first-order chi connectivity index (χ1) is 12.1. The van der Waals surface area contributed by atoms with Crippen molar-refractivity contribution in [1.29, 1.82) is 0 Å². The van der Waals surface area contributed by atoms with Crippen molar-refractivity contribution >= 4 is 17.3 Å². The van der Waals surface area contributed by atoms with Crippen LogP contribution in [0.25, 0.3) is 11.4 Å². The molecule has 0 fully saturated rings. The van der Waals surface area contributed by atoms with Gasteiger partial charge in [0.1, 0.15) is 5.69 Å². The second-order valence-electron chi connectivity index (χ2n) is 5.66. The van der Waals surface area contributed by atoms with Crippen molar-refractivity contribution in [2.45, 2.75) is 20.3 Å². The van der Waals surface area contributed by atoms with Gasteiger partial charge in [-0.3, -0.25) is 15.0 Å². The van der Waals surface area contributed by atoms with Gasteiger partial charge >= 0.3 is 5.97 Å². The molecule has 0 aliphatic heterocycles. The molecule has 2 aromatic heterocycles. The van der Waals surface area contributed by atoms with E-state index in [4.69, 9.17) is 0 Å². The molecule has 2 heterocycles. The number of carbonyl (C=O) groups is 1. The number of carboxylic acid groups (broad SMARTS) is 1. The summed E-state index contributed by atoms with van der Waals surface area (Å²) in [7, 11) is 0. The Morgan fingerprint density at radius 1 is 1.16 bits per heavy atom. The zero-order valence-corrected chi connectivity index (χ0v) is 14.0. The van der Waals surface area contributed by atoms with E-state index in [1.165, 1.54) is 0 Å². The minimum absolute atomic E-state index is 0.232. The van der Waals surface area contributed by atoms with Crippen molar-refractivity contribution in [2.24, 2.45) is 0 Å². The van der Waals surface area contributed by atoms with Crippen LogP contribution in [0.1, 0.15) is 28.4 Å². The van der Waals surface area contributed by atoms with Crippen LogP contribution in [-0.2, 0) is 6.42 Å². The Kier molecular flexibility index (Phi) is 4.70. The van der Waals surface area contributed by atoms with E-state index in [-0.39, 0.29) is 5.56 Å². The van der Waals surface area contributed by atoms with Crippen LogP contribution in [0.4, 0.5) is 11.4 Å². The van der Waals surface area contributed by atoms with Crippen molar-refractivity contribution in [2.75, 3.05) is 5.32 Å². The van der Waals surface area contributed by atoms with Gasteiger partial charge in [-0.25, -0.2) is 4.79 Å². The molecule has 0 bridgehead atoms. The number of carboxylic acids is 1. The Morgan fingerprint density at radius 2 is 2.00 bits per heavy atom. The number of rotatable bonds is 5. The Morgan fingerprint density at radius 3 is 2.68 bits per heavy atom. The highest BCUT2D eigenvalue weighted by Crippen LogP contribution is 2.26. The van der Waals surface area contributed by atoms with E-state index in [2.05, 4.69) is 20.3 Å². The van der Waals surface area contributed by atoms with Gasteiger partial charge in [-0.1, -0.05) is 18.6 Å². The summed E-state index contributed by atoms with van der Waals surface area (Å²) in [4.78, 5) is 24.3. The standard InChI is InChI=1S/C19H18N4O2/c1-3-13-9-14(10-22-18(13)17-11-20-6-7-21-17)23-16-5-4-12(2)8-15(16)19(24)25/h4-11,23H,3H2,1-2H3,(H,24,25). The zero-order chi connectivity index (χ0) is 17.8. The second kappa shape index (κ2) is 7.09. The summed E-state index contributed by atoms with van der Waals surface area (Å²) < 4.78 is 0. The van der Waals surface area contributed by atoms with E-state index in [0.717, 1.165) is 28.9 Å². The lowest BCUT2D eigenvalue weighted by molar-refractivity contribution is 0.0698. The fourth-order valence-electron chi connectivity index (χ4n) is 2.60. The molecule has 126 valence electrons. The van der Waals surface area contributed by atoms with Crippen molar-refractivity contribution in [3.05, 3.63) is 65.7 Å². The summed E-state index contributed by atoms with van der Waals surface area (Å²) >= 11 is 0. The number of aryl methyl sites for hydroxylation is 2. The highest BCUT2D eigenvalue weighted by atomic mass is 16.4. The van der Waals surface area contributed by atoms with E-state index < -0.39 is 5.97 Å². The van der Waals surface area contributed by atoms with Crippen molar-refractivity contribution in [3.63, 3.8) is 0 Å². The number of benzene rings is 1. The Hall–Kier alpha value is -3.28. The molecular weight excluding hydrogens is 316 g/mol. The van der Waals surface area contributed by atoms with E-state index in [0.29, 0.717) is 11.4 Å². The third-order valence-electron chi connectivity index (χ3n) is 3.84. The number of hydrogen-bond donors (Lipinski definition) is 2. The van der Waals surface area contributed by atoms with Gasteiger partial charge < -0.3 is 10.4 Å². The number of nitrogens with zero attached hydrogens (tertiary/aromatic N) is 3. The molecule has 6 heteroatoms. The molecule has 0 atom stereocenters. The predicted molar refractivity (Wildman–Crippen MR) is 96.1 cm³/mol. The number of nitrogens with one attached hydrogen (secondary N) is 1. The number of pyridine rings is 1. The minimum atomic E-state index is -0.967. The number of anilines is 2. The highest BCUT2D eigenvalue weighted by molar-refractivity contribution is 5.95. The van der Waals surface area contributed by atoms with Gasteiger partial charge in [0.15, 0.2) is 0 Å². The largest absolute Gasteiger partial charge is 0.478 e. The third-order valence-corrected chi connectivity index (χ3v) is 3.84. The van der Waals surface area contributed by atoms with Crippen molar-refractivity contribution in [1.82, 2.24) is 15.0 Å². The van der Waals surface area contributed by atoms with Gasteiger partial charge in [-0.2, -0.15) is 0 Å². The average molecular weight is 334 g/mol. The van der Waals surface area contributed by atoms with Gasteiger partial charge in [0.25, 0.3) is 0 Å². The van der Waals surface area contributed by atoms with Crippen LogP contribution in [0.5, 0.6) is 0 Å². The zero-order valence-electron chi connectivity index (χ0n) is 14.0. The van der Waals surface area contributed by atoms with Crippen LogP contribution in [0, 0.1) is 6.92 Å². The summed E-state index contributed by atoms with van der Waals surface area (Å²) in [6.07, 6.45) is 7.38. The first-order valence-corrected chi connectivity index (χ1v) is 7.94. The third kappa shape index (κ3) is 3.63. The molecule has 25 heavy (non-hydrogen) atoms. The topological polar surface area (TPSA) is 88.0 Å². The van der Waals surface area contributed by atoms with Crippen LogP contribution in [0.3, 0.4) is 0 Å². The van der Waals surface area contributed by atoms with Crippen molar-refractivity contribution in [3.8, 4) is 11.4 Å². The van der Waals surface area contributed by atoms with Crippen LogP contribution >= 0.6 is 0 Å². The van der Waals surface area contributed by atoms with Gasteiger partial charge in [0.2, 0.25) is 0 Å². The molecule has 0 amide bonds. The molecule has 3 aromatic rings. The summed E-state index contributed by atoms with van der Waals surface area (Å²) in [6, 6.07) is 7.24. The maximum Gasteiger partial charge on any atom is 0.337 e. The van der Waals surface area contributed by atoms with Crippen molar-refractivity contribution < 1.29 is 9.90 Å². The predicted octanol–water partition coefficient (Wildman–Crippen LogP) is 3.85. The van der Waals surface area contributed by atoms with Gasteiger partial charge in [0, 0.05) is 12.4 Å². The van der Waals surface area contributed by atoms with Crippen LogP contribution < -0.4 is 5.32 Å². The maximum absolute atomic E-state index is 11.5. The summed E-state index contributed by atoms with van der Waals surface area (Å²) in [6.45, 7) is 3.90. The summed E-state index contributed by atoms with van der Waals surface area (Å²) in [5, 5.41) is 12.5. The molecule has 0 radical (unpaired) electrons. The second-order valence-corrected chi connectivity index (χ2v) is 5.66. The highest BCUT2D eigenvalue weighted by Gasteiger charge is 2.12. The smallest absolute Gasteiger partial charge is 0.337 e. The summed E-state index contributed by atoms with van der Waals surface area (Å²) in [5.41, 5.74) is 4.90. The minimum Gasteiger partial charge on any atom is -0.478 e. The lowest BCUT2D eigenvalue weighted by Crippen LogP contribution is -2.04. The van der Waals surface area contributed by atoms with Gasteiger partial charge in [-0.05, 0) is 37.1 Å². The van der Waals surface area contributed by atoms with Crippen LogP contribution in [-0.4, -0.2) is 26.0 Å². The molecule has 0 aliphatic carbocycles. The monoisotopic (exact) mass is 334 g/mol. The molecule has 0 saturated carbocycles. The van der Waals surface area contributed by atoms with E-state index in [1.807, 2.05) is 26.0 Å². The Labute approximate surface area is 145 Å². The van der Waals surface area contributed by atoms with E-state index >= 15 is 0 Å². The number of aromatic carboxylic acids is 1. The van der Waals surface area contributed by atoms with E-state index in [9.17, 15) is 9.90 Å². The SMILES string of the molecule is CCc1cc(Nc2ccc(C)cc2C(=O)O)cnc1-c1cnccn1. The average Bonchev–Trinajstić information content (AvgIpc) is 2.63.